The zero-order chi connectivity index (χ0) is 20.1. The summed E-state index contributed by atoms with van der Waals surface area (Å²) in [6.07, 6.45) is 1.28. The molecule has 1 nitrogen and oxygen atoms in total. The van der Waals surface area contributed by atoms with Gasteiger partial charge in [0, 0.05) is 5.56 Å². The summed E-state index contributed by atoms with van der Waals surface area (Å²) < 4.78 is 56.2. The molecule has 0 aliphatic rings. The number of ether oxygens (including phenoxy) is 1. The molecule has 0 fully saturated rings. The van der Waals surface area contributed by atoms with Crippen LogP contribution < -0.4 is 4.74 Å². The van der Waals surface area contributed by atoms with Gasteiger partial charge in [-0.25, -0.2) is 4.39 Å². The number of aryl methyl sites for hydroxylation is 1. The quantitative estimate of drug-likeness (QED) is 0.323. The number of halogens is 4. The van der Waals surface area contributed by atoms with Gasteiger partial charge < -0.3 is 4.74 Å². The molecule has 3 aromatic carbocycles. The third kappa shape index (κ3) is 5.12. The lowest BCUT2D eigenvalue weighted by Crippen LogP contribution is -2.19. The first-order valence-electron chi connectivity index (χ1n) is 8.99. The summed E-state index contributed by atoms with van der Waals surface area (Å²) in [5.41, 5.74) is 2.15. The van der Waals surface area contributed by atoms with Crippen LogP contribution in [0.2, 0.25) is 0 Å². The standard InChI is InChI=1S/C23H20F4O/c1-2-3-4-5-16-6-11-21(22(24)12-16)19-8-7-18-14-20(10-9-17(18)13-19)28-15-23(25,26)27/h2-3,6-14H,4-5,15H2,1H3/b3-2+. The third-order valence-corrected chi connectivity index (χ3v) is 4.39. The fourth-order valence-electron chi connectivity index (χ4n) is 3.01. The number of hydrogen-bond donors (Lipinski definition) is 0. The maximum absolute atomic E-state index is 14.6. The monoisotopic (exact) mass is 388 g/mol. The fourth-order valence-corrected chi connectivity index (χ4v) is 3.01. The molecule has 0 saturated carbocycles. The summed E-state index contributed by atoms with van der Waals surface area (Å²) in [5.74, 6) is -0.142. The summed E-state index contributed by atoms with van der Waals surface area (Å²) in [4.78, 5) is 0. The summed E-state index contributed by atoms with van der Waals surface area (Å²) in [5, 5.41) is 1.53. The van der Waals surface area contributed by atoms with Crippen LogP contribution in [0.1, 0.15) is 18.9 Å². The smallest absolute Gasteiger partial charge is 0.422 e. The Morgan fingerprint density at radius 2 is 1.68 bits per heavy atom. The number of rotatable bonds is 6. The van der Waals surface area contributed by atoms with Gasteiger partial charge in [0.25, 0.3) is 0 Å². The van der Waals surface area contributed by atoms with E-state index in [9.17, 15) is 17.6 Å². The van der Waals surface area contributed by atoms with Crippen molar-refractivity contribution in [3.05, 3.63) is 78.1 Å². The minimum atomic E-state index is -4.38. The molecule has 0 unspecified atom stereocenters. The van der Waals surface area contributed by atoms with Crippen molar-refractivity contribution in [3.8, 4) is 16.9 Å². The van der Waals surface area contributed by atoms with Crippen LogP contribution in [0, 0.1) is 5.82 Å². The van der Waals surface area contributed by atoms with Crippen molar-refractivity contribution >= 4 is 10.8 Å². The minimum absolute atomic E-state index is 0.147. The van der Waals surface area contributed by atoms with Gasteiger partial charge in [-0.15, -0.1) is 0 Å². The number of fused-ring (bicyclic) bond motifs is 1. The molecule has 0 bridgehead atoms. The molecule has 28 heavy (non-hydrogen) atoms. The van der Waals surface area contributed by atoms with E-state index in [2.05, 4.69) is 0 Å². The molecule has 5 heteroatoms. The molecule has 0 aliphatic carbocycles. The van der Waals surface area contributed by atoms with Crippen LogP contribution in [0.5, 0.6) is 5.75 Å². The molecule has 0 radical (unpaired) electrons. The molecule has 3 rings (SSSR count). The second kappa shape index (κ2) is 8.46. The van der Waals surface area contributed by atoms with Gasteiger partial charge in [0.2, 0.25) is 0 Å². The van der Waals surface area contributed by atoms with Crippen LogP contribution in [0.3, 0.4) is 0 Å². The predicted molar refractivity (Wildman–Crippen MR) is 104 cm³/mol. The highest BCUT2D eigenvalue weighted by Gasteiger charge is 2.28. The van der Waals surface area contributed by atoms with Crippen LogP contribution in [0.15, 0.2) is 66.7 Å². The van der Waals surface area contributed by atoms with Crippen molar-refractivity contribution in [2.75, 3.05) is 6.61 Å². The van der Waals surface area contributed by atoms with E-state index in [4.69, 9.17) is 4.74 Å². The maximum Gasteiger partial charge on any atom is 0.422 e. The molecule has 0 N–H and O–H groups in total. The van der Waals surface area contributed by atoms with Gasteiger partial charge in [-0.05, 0) is 65.9 Å². The molecule has 0 aliphatic heterocycles. The van der Waals surface area contributed by atoms with Gasteiger partial charge in [0.05, 0.1) is 0 Å². The minimum Gasteiger partial charge on any atom is -0.484 e. The Balaban J connectivity index is 1.82. The molecule has 0 saturated heterocycles. The van der Waals surface area contributed by atoms with Gasteiger partial charge in [0.15, 0.2) is 6.61 Å². The summed E-state index contributed by atoms with van der Waals surface area (Å²) in [6, 6.07) is 15.3. The van der Waals surface area contributed by atoms with E-state index in [1.165, 1.54) is 6.07 Å². The van der Waals surface area contributed by atoms with E-state index >= 15 is 0 Å². The molecule has 0 spiro atoms. The molecule has 0 aromatic heterocycles. The van der Waals surface area contributed by atoms with Crippen molar-refractivity contribution < 1.29 is 22.3 Å². The van der Waals surface area contributed by atoms with Crippen molar-refractivity contribution in [2.24, 2.45) is 0 Å². The first-order valence-corrected chi connectivity index (χ1v) is 8.99. The Morgan fingerprint density at radius 1 is 0.929 bits per heavy atom. The average Bonchev–Trinajstić information content (AvgIpc) is 2.66. The maximum atomic E-state index is 14.6. The van der Waals surface area contributed by atoms with Crippen LogP contribution >= 0.6 is 0 Å². The van der Waals surface area contributed by atoms with Crippen LogP contribution in [-0.2, 0) is 6.42 Å². The van der Waals surface area contributed by atoms with E-state index < -0.39 is 12.8 Å². The first kappa shape index (κ1) is 19.9. The average molecular weight is 388 g/mol. The lowest BCUT2D eigenvalue weighted by atomic mass is 9.98. The van der Waals surface area contributed by atoms with E-state index in [1.54, 1.807) is 36.4 Å². The van der Waals surface area contributed by atoms with Crippen LogP contribution in [0.25, 0.3) is 21.9 Å². The SMILES string of the molecule is C/C=C/CCc1ccc(-c2ccc3cc(OCC(F)(F)F)ccc3c2)c(F)c1. The number of alkyl halides is 3. The van der Waals surface area contributed by atoms with E-state index in [0.717, 1.165) is 29.2 Å². The third-order valence-electron chi connectivity index (χ3n) is 4.39. The van der Waals surface area contributed by atoms with Gasteiger partial charge in [-0.3, -0.25) is 0 Å². The van der Waals surface area contributed by atoms with E-state index in [0.29, 0.717) is 11.1 Å². The van der Waals surface area contributed by atoms with E-state index in [-0.39, 0.29) is 11.6 Å². The fraction of sp³-hybridized carbons (Fsp3) is 0.217. The number of benzene rings is 3. The molecule has 0 heterocycles. The molecule has 0 amide bonds. The highest BCUT2D eigenvalue weighted by atomic mass is 19.4. The van der Waals surface area contributed by atoms with E-state index in [1.807, 2.05) is 31.2 Å². The molecular formula is C23H20F4O. The highest BCUT2D eigenvalue weighted by Crippen LogP contribution is 2.30. The van der Waals surface area contributed by atoms with Crippen molar-refractivity contribution in [3.63, 3.8) is 0 Å². The van der Waals surface area contributed by atoms with Gasteiger partial charge in [0.1, 0.15) is 11.6 Å². The Bertz CT molecular complexity index is 990. The lowest BCUT2D eigenvalue weighted by Gasteiger charge is -2.11. The highest BCUT2D eigenvalue weighted by molar-refractivity contribution is 5.88. The Hall–Kier alpha value is -2.82. The zero-order valence-electron chi connectivity index (χ0n) is 15.4. The predicted octanol–water partition coefficient (Wildman–Crippen LogP) is 7.10. The zero-order valence-corrected chi connectivity index (χ0v) is 15.4. The summed E-state index contributed by atoms with van der Waals surface area (Å²) >= 11 is 0. The Labute approximate surface area is 161 Å². The molecular weight excluding hydrogens is 368 g/mol. The molecule has 3 aromatic rings. The summed E-state index contributed by atoms with van der Waals surface area (Å²) in [7, 11) is 0. The van der Waals surface area contributed by atoms with Crippen LogP contribution in [0.4, 0.5) is 17.6 Å². The number of allylic oxidation sites excluding steroid dienone is 2. The van der Waals surface area contributed by atoms with Crippen molar-refractivity contribution in [1.29, 1.82) is 0 Å². The van der Waals surface area contributed by atoms with Crippen molar-refractivity contribution in [2.45, 2.75) is 25.9 Å². The summed E-state index contributed by atoms with van der Waals surface area (Å²) in [6.45, 7) is 0.622. The first-order chi connectivity index (χ1) is 13.4. The second-order valence-corrected chi connectivity index (χ2v) is 6.55. The normalized spacial score (nSPS) is 12.0. The van der Waals surface area contributed by atoms with Crippen LogP contribution in [-0.4, -0.2) is 12.8 Å². The lowest BCUT2D eigenvalue weighted by molar-refractivity contribution is -0.153. The molecule has 146 valence electrons. The van der Waals surface area contributed by atoms with Gasteiger partial charge in [-0.1, -0.05) is 42.5 Å². The van der Waals surface area contributed by atoms with Gasteiger partial charge in [-0.2, -0.15) is 13.2 Å². The molecule has 0 atom stereocenters. The Morgan fingerprint density at radius 3 is 2.39 bits per heavy atom. The largest absolute Gasteiger partial charge is 0.484 e. The Kier molecular flexibility index (Phi) is 6.02. The van der Waals surface area contributed by atoms with Crippen molar-refractivity contribution in [1.82, 2.24) is 0 Å². The topological polar surface area (TPSA) is 9.23 Å². The second-order valence-electron chi connectivity index (χ2n) is 6.55. The van der Waals surface area contributed by atoms with Gasteiger partial charge >= 0.3 is 6.18 Å². The number of hydrogen-bond acceptors (Lipinski definition) is 1.